The van der Waals surface area contributed by atoms with Gasteiger partial charge in [-0.3, -0.25) is 4.79 Å². The molecule has 0 aliphatic heterocycles. The van der Waals surface area contributed by atoms with Crippen LogP contribution in [0.1, 0.15) is 22.8 Å². The maximum Gasteiger partial charge on any atom is 0.260 e. The minimum Gasteiger partial charge on any atom is -0.508 e. The second-order valence-corrected chi connectivity index (χ2v) is 4.82. The number of aromatic hydroxyl groups is 1. The average Bonchev–Trinajstić information content (AvgIpc) is 2.51. The van der Waals surface area contributed by atoms with Crippen molar-refractivity contribution in [3.8, 4) is 5.75 Å². The van der Waals surface area contributed by atoms with Gasteiger partial charge in [0.1, 0.15) is 5.75 Å². The second kappa shape index (κ2) is 6.31. The predicted octanol–water partition coefficient (Wildman–Crippen LogP) is 3.41. The average molecular weight is 284 g/mol. The molecule has 2 rings (SSSR count). The van der Waals surface area contributed by atoms with E-state index in [0.717, 1.165) is 16.9 Å². The van der Waals surface area contributed by atoms with Crippen LogP contribution in [0.4, 0.5) is 11.4 Å². The molecule has 0 spiro atoms. The number of carbonyl (C=O) groups excluding carboxylic acids is 1. The molecule has 110 valence electrons. The van der Waals surface area contributed by atoms with Crippen LogP contribution in [0, 0.1) is 6.92 Å². The van der Waals surface area contributed by atoms with Crippen molar-refractivity contribution in [2.45, 2.75) is 13.8 Å². The molecule has 0 saturated heterocycles. The minimum absolute atomic E-state index is 0.0869. The van der Waals surface area contributed by atoms with Crippen LogP contribution >= 0.6 is 0 Å². The number of phenols is 1. The van der Waals surface area contributed by atoms with Gasteiger partial charge in [0.15, 0.2) is 0 Å². The van der Waals surface area contributed by atoms with E-state index >= 15 is 0 Å². The first-order valence-corrected chi connectivity index (χ1v) is 6.96. The van der Waals surface area contributed by atoms with Gasteiger partial charge in [-0.25, -0.2) is 0 Å². The second-order valence-electron chi connectivity index (χ2n) is 4.82. The number of hydrogen-bond acceptors (Lipinski definition) is 3. The van der Waals surface area contributed by atoms with Crippen molar-refractivity contribution in [3.05, 3.63) is 53.6 Å². The summed E-state index contributed by atoms with van der Waals surface area (Å²) in [4.78, 5) is 14.5. The van der Waals surface area contributed by atoms with E-state index in [9.17, 15) is 9.90 Å². The van der Waals surface area contributed by atoms with Crippen LogP contribution < -0.4 is 10.2 Å². The van der Waals surface area contributed by atoms with Crippen molar-refractivity contribution >= 4 is 17.3 Å². The molecule has 2 N–H and O–H groups in total. The summed E-state index contributed by atoms with van der Waals surface area (Å²) in [5, 5.41) is 12.7. The van der Waals surface area contributed by atoms with E-state index in [0.29, 0.717) is 12.1 Å². The fourth-order valence-corrected chi connectivity index (χ4v) is 2.34. The summed E-state index contributed by atoms with van der Waals surface area (Å²) in [5.74, 6) is 0.0694. The molecule has 1 amide bonds. The van der Waals surface area contributed by atoms with E-state index in [1.54, 1.807) is 30.1 Å². The van der Waals surface area contributed by atoms with Crippen molar-refractivity contribution in [2.24, 2.45) is 0 Å². The predicted molar refractivity (Wildman–Crippen MR) is 86.2 cm³/mol. The quantitative estimate of drug-likeness (QED) is 0.904. The summed E-state index contributed by atoms with van der Waals surface area (Å²) >= 11 is 0. The molecule has 4 heteroatoms. The summed E-state index contributed by atoms with van der Waals surface area (Å²) in [6, 6.07) is 12.5. The number of amides is 1. The Morgan fingerprint density at radius 2 is 1.95 bits per heavy atom. The van der Waals surface area contributed by atoms with Crippen LogP contribution in [0.3, 0.4) is 0 Å². The summed E-state index contributed by atoms with van der Waals surface area (Å²) in [6.45, 7) is 4.37. The zero-order valence-electron chi connectivity index (χ0n) is 12.6. The summed E-state index contributed by atoms with van der Waals surface area (Å²) in [6.07, 6.45) is 0. The lowest BCUT2D eigenvalue weighted by Gasteiger charge is -2.24. The molecular formula is C17H20N2O2. The number of anilines is 2. The fraction of sp³-hybridized carbons (Fsp3) is 0.235. The van der Waals surface area contributed by atoms with Gasteiger partial charge in [0.25, 0.3) is 5.91 Å². The number of para-hydroxylation sites is 1. The van der Waals surface area contributed by atoms with Crippen molar-refractivity contribution < 1.29 is 9.90 Å². The number of phenolic OH excluding ortho intramolecular Hbond substituents is 1. The number of benzene rings is 2. The van der Waals surface area contributed by atoms with Crippen molar-refractivity contribution in [1.29, 1.82) is 0 Å². The standard InChI is InChI=1S/C17H20N2O2/c1-4-19(16-11-13(20)10-9-12(16)2)17(21)14-7-5-6-8-15(14)18-3/h5-11,18,20H,4H2,1-3H3. The number of hydrogen-bond donors (Lipinski definition) is 2. The lowest BCUT2D eigenvalue weighted by molar-refractivity contribution is 0.0989. The topological polar surface area (TPSA) is 52.6 Å². The van der Waals surface area contributed by atoms with Gasteiger partial charge >= 0.3 is 0 Å². The highest BCUT2D eigenvalue weighted by Gasteiger charge is 2.20. The maximum atomic E-state index is 12.8. The first-order chi connectivity index (χ1) is 10.1. The number of aryl methyl sites for hydroxylation is 1. The molecule has 2 aromatic rings. The van der Waals surface area contributed by atoms with Crippen molar-refractivity contribution in [2.75, 3.05) is 23.8 Å². The summed E-state index contributed by atoms with van der Waals surface area (Å²) < 4.78 is 0. The number of nitrogens with zero attached hydrogens (tertiary/aromatic N) is 1. The van der Waals surface area contributed by atoms with Crippen LogP contribution in [0.2, 0.25) is 0 Å². The normalized spacial score (nSPS) is 10.2. The van der Waals surface area contributed by atoms with Gasteiger partial charge < -0.3 is 15.3 Å². The lowest BCUT2D eigenvalue weighted by atomic mass is 10.1. The Labute approximate surface area is 125 Å². The van der Waals surface area contributed by atoms with Crippen LogP contribution in [0.25, 0.3) is 0 Å². The molecule has 0 bridgehead atoms. The highest BCUT2D eigenvalue weighted by atomic mass is 16.3. The monoisotopic (exact) mass is 284 g/mol. The van der Waals surface area contributed by atoms with E-state index in [1.165, 1.54) is 0 Å². The SMILES string of the molecule is CCN(C(=O)c1ccccc1NC)c1cc(O)ccc1C. The molecule has 2 aromatic carbocycles. The van der Waals surface area contributed by atoms with Crippen LogP contribution in [-0.4, -0.2) is 24.6 Å². The van der Waals surface area contributed by atoms with Gasteiger partial charge in [-0.1, -0.05) is 18.2 Å². The Hall–Kier alpha value is -2.49. The molecule has 0 radical (unpaired) electrons. The Morgan fingerprint density at radius 3 is 2.62 bits per heavy atom. The van der Waals surface area contributed by atoms with E-state index in [-0.39, 0.29) is 11.7 Å². The van der Waals surface area contributed by atoms with Gasteiger partial charge in [-0.2, -0.15) is 0 Å². The highest BCUT2D eigenvalue weighted by molar-refractivity contribution is 6.09. The molecule has 0 unspecified atom stereocenters. The van der Waals surface area contributed by atoms with Crippen LogP contribution in [0.15, 0.2) is 42.5 Å². The number of carbonyl (C=O) groups is 1. The molecule has 0 atom stereocenters. The molecular weight excluding hydrogens is 264 g/mol. The third-order valence-corrected chi connectivity index (χ3v) is 3.47. The van der Waals surface area contributed by atoms with Gasteiger partial charge in [0.05, 0.1) is 11.3 Å². The van der Waals surface area contributed by atoms with Crippen molar-refractivity contribution in [3.63, 3.8) is 0 Å². The number of rotatable bonds is 4. The Kier molecular flexibility index (Phi) is 4.48. The Bertz CT molecular complexity index is 653. The highest BCUT2D eigenvalue weighted by Crippen LogP contribution is 2.27. The minimum atomic E-state index is -0.0869. The first kappa shape index (κ1) is 14.9. The van der Waals surface area contributed by atoms with Gasteiger partial charge in [0, 0.05) is 25.3 Å². The third kappa shape index (κ3) is 2.99. The van der Waals surface area contributed by atoms with E-state index in [1.807, 2.05) is 38.1 Å². The fourth-order valence-electron chi connectivity index (χ4n) is 2.34. The van der Waals surface area contributed by atoms with E-state index < -0.39 is 0 Å². The van der Waals surface area contributed by atoms with Gasteiger partial charge in [-0.05, 0) is 37.6 Å². The molecule has 0 aliphatic carbocycles. The van der Waals surface area contributed by atoms with Crippen LogP contribution in [-0.2, 0) is 0 Å². The molecule has 0 aromatic heterocycles. The maximum absolute atomic E-state index is 12.8. The van der Waals surface area contributed by atoms with Gasteiger partial charge in [0.2, 0.25) is 0 Å². The Morgan fingerprint density at radius 1 is 1.24 bits per heavy atom. The summed E-state index contributed by atoms with van der Waals surface area (Å²) in [7, 11) is 1.79. The van der Waals surface area contributed by atoms with Crippen molar-refractivity contribution in [1.82, 2.24) is 0 Å². The molecule has 0 heterocycles. The lowest BCUT2D eigenvalue weighted by Crippen LogP contribution is -2.31. The third-order valence-electron chi connectivity index (χ3n) is 3.47. The molecule has 0 fully saturated rings. The molecule has 0 saturated carbocycles. The van der Waals surface area contributed by atoms with E-state index in [2.05, 4.69) is 5.32 Å². The van der Waals surface area contributed by atoms with E-state index in [4.69, 9.17) is 0 Å². The molecule has 4 nitrogen and oxygen atoms in total. The van der Waals surface area contributed by atoms with Gasteiger partial charge in [-0.15, -0.1) is 0 Å². The zero-order valence-corrected chi connectivity index (χ0v) is 12.6. The largest absolute Gasteiger partial charge is 0.508 e. The van der Waals surface area contributed by atoms with Crippen LogP contribution in [0.5, 0.6) is 5.75 Å². The zero-order chi connectivity index (χ0) is 15.4. The number of nitrogens with one attached hydrogen (secondary N) is 1. The smallest absolute Gasteiger partial charge is 0.260 e. The Balaban J connectivity index is 2.46. The summed E-state index contributed by atoms with van der Waals surface area (Å²) in [5.41, 5.74) is 3.08. The molecule has 21 heavy (non-hydrogen) atoms. The molecule has 0 aliphatic rings. The first-order valence-electron chi connectivity index (χ1n) is 6.96.